The molecule has 0 saturated heterocycles. The summed E-state index contributed by atoms with van der Waals surface area (Å²) in [5.41, 5.74) is 0.0740. The van der Waals surface area contributed by atoms with Crippen molar-refractivity contribution in [3.63, 3.8) is 0 Å². The SMILES string of the molecule is CC(O)(CCNc1ncnc2sccc12)c1ccccc1. The van der Waals surface area contributed by atoms with Crippen LogP contribution in [-0.4, -0.2) is 21.6 Å². The highest BCUT2D eigenvalue weighted by atomic mass is 32.1. The number of thiophene rings is 1. The van der Waals surface area contributed by atoms with E-state index < -0.39 is 5.60 Å². The fourth-order valence-electron chi connectivity index (χ4n) is 2.30. The van der Waals surface area contributed by atoms with Gasteiger partial charge >= 0.3 is 0 Å². The van der Waals surface area contributed by atoms with Crippen molar-refractivity contribution in [3.05, 3.63) is 53.7 Å². The maximum atomic E-state index is 10.6. The number of hydrogen-bond donors (Lipinski definition) is 2. The molecule has 0 amide bonds. The first-order valence-electron chi connectivity index (χ1n) is 6.87. The van der Waals surface area contributed by atoms with Crippen molar-refractivity contribution in [2.75, 3.05) is 11.9 Å². The highest BCUT2D eigenvalue weighted by molar-refractivity contribution is 7.16. The second-order valence-corrected chi connectivity index (χ2v) is 6.07. The standard InChI is InChI=1S/C16H17N3OS/c1-16(20,12-5-3-2-4-6-12)8-9-17-14-13-7-10-21-15(13)19-11-18-14/h2-7,10-11,20H,8-9H2,1H3,(H,17,18,19). The number of fused-ring (bicyclic) bond motifs is 1. The summed E-state index contributed by atoms with van der Waals surface area (Å²) in [4.78, 5) is 9.47. The molecule has 21 heavy (non-hydrogen) atoms. The van der Waals surface area contributed by atoms with Crippen LogP contribution < -0.4 is 5.32 Å². The minimum absolute atomic E-state index is 0.604. The van der Waals surface area contributed by atoms with E-state index in [1.807, 2.05) is 48.7 Å². The molecule has 2 aromatic heterocycles. The number of hydrogen-bond acceptors (Lipinski definition) is 5. The number of nitrogens with one attached hydrogen (secondary N) is 1. The third-order valence-electron chi connectivity index (χ3n) is 3.56. The van der Waals surface area contributed by atoms with Crippen molar-refractivity contribution in [2.24, 2.45) is 0 Å². The van der Waals surface area contributed by atoms with Crippen molar-refractivity contribution in [2.45, 2.75) is 18.9 Å². The lowest BCUT2D eigenvalue weighted by atomic mass is 9.93. The molecule has 2 heterocycles. The van der Waals surface area contributed by atoms with Gasteiger partial charge < -0.3 is 10.4 Å². The molecule has 3 rings (SSSR count). The van der Waals surface area contributed by atoms with E-state index >= 15 is 0 Å². The van der Waals surface area contributed by atoms with Gasteiger partial charge in [0, 0.05) is 6.54 Å². The van der Waals surface area contributed by atoms with Crippen LogP contribution in [0.3, 0.4) is 0 Å². The predicted molar refractivity (Wildman–Crippen MR) is 86.5 cm³/mol. The number of nitrogens with zero attached hydrogens (tertiary/aromatic N) is 2. The van der Waals surface area contributed by atoms with Gasteiger partial charge in [0.2, 0.25) is 0 Å². The maximum Gasteiger partial charge on any atom is 0.138 e. The summed E-state index contributed by atoms with van der Waals surface area (Å²) < 4.78 is 0. The van der Waals surface area contributed by atoms with Gasteiger partial charge in [-0.05, 0) is 30.4 Å². The van der Waals surface area contributed by atoms with Crippen LogP contribution in [0.5, 0.6) is 0 Å². The van der Waals surface area contributed by atoms with E-state index in [0.717, 1.165) is 21.6 Å². The smallest absolute Gasteiger partial charge is 0.138 e. The fourth-order valence-corrected chi connectivity index (χ4v) is 3.03. The van der Waals surface area contributed by atoms with Crippen molar-refractivity contribution >= 4 is 27.4 Å². The third-order valence-corrected chi connectivity index (χ3v) is 4.38. The number of aliphatic hydroxyl groups is 1. The van der Waals surface area contributed by atoms with Crippen LogP contribution in [-0.2, 0) is 5.60 Å². The Hall–Kier alpha value is -1.98. The summed E-state index contributed by atoms with van der Waals surface area (Å²) in [6.07, 6.45) is 2.17. The molecular formula is C16H17N3OS. The van der Waals surface area contributed by atoms with E-state index in [2.05, 4.69) is 15.3 Å². The van der Waals surface area contributed by atoms with Crippen LogP contribution in [0.15, 0.2) is 48.1 Å². The molecule has 3 aromatic rings. The Bertz CT molecular complexity index is 724. The Balaban J connectivity index is 1.67. The minimum atomic E-state index is -0.852. The van der Waals surface area contributed by atoms with Gasteiger partial charge in [-0.25, -0.2) is 9.97 Å². The number of rotatable bonds is 5. The van der Waals surface area contributed by atoms with Crippen molar-refractivity contribution in [1.82, 2.24) is 9.97 Å². The van der Waals surface area contributed by atoms with E-state index in [9.17, 15) is 5.11 Å². The monoisotopic (exact) mass is 299 g/mol. The summed E-state index contributed by atoms with van der Waals surface area (Å²) in [5.74, 6) is 0.824. The molecule has 108 valence electrons. The zero-order valence-electron chi connectivity index (χ0n) is 11.8. The zero-order valence-corrected chi connectivity index (χ0v) is 12.6. The number of anilines is 1. The average molecular weight is 299 g/mol. The molecule has 5 heteroatoms. The molecular weight excluding hydrogens is 282 g/mol. The van der Waals surface area contributed by atoms with E-state index in [4.69, 9.17) is 0 Å². The van der Waals surface area contributed by atoms with Gasteiger partial charge in [-0.2, -0.15) is 0 Å². The van der Waals surface area contributed by atoms with Gasteiger partial charge in [0.25, 0.3) is 0 Å². The Morgan fingerprint density at radius 3 is 2.81 bits per heavy atom. The second kappa shape index (κ2) is 5.79. The normalized spacial score (nSPS) is 14.0. The highest BCUT2D eigenvalue weighted by Crippen LogP contribution is 2.26. The number of benzene rings is 1. The molecule has 0 aliphatic heterocycles. The van der Waals surface area contributed by atoms with Crippen LogP contribution in [0.25, 0.3) is 10.2 Å². The Morgan fingerprint density at radius 1 is 1.19 bits per heavy atom. The zero-order chi connectivity index (χ0) is 14.7. The molecule has 0 fully saturated rings. The van der Waals surface area contributed by atoms with Gasteiger partial charge in [0.15, 0.2) is 0 Å². The van der Waals surface area contributed by atoms with Crippen LogP contribution in [0.2, 0.25) is 0 Å². The fraction of sp³-hybridized carbons (Fsp3) is 0.250. The predicted octanol–water partition coefficient (Wildman–Crippen LogP) is 3.40. The quantitative estimate of drug-likeness (QED) is 0.758. The van der Waals surface area contributed by atoms with Crippen LogP contribution in [0.1, 0.15) is 18.9 Å². The molecule has 0 radical (unpaired) electrons. The lowest BCUT2D eigenvalue weighted by Gasteiger charge is -2.24. The van der Waals surface area contributed by atoms with Gasteiger partial charge in [-0.1, -0.05) is 30.3 Å². The van der Waals surface area contributed by atoms with Gasteiger partial charge in [0.05, 0.1) is 11.0 Å². The van der Waals surface area contributed by atoms with Crippen molar-refractivity contribution < 1.29 is 5.11 Å². The lowest BCUT2D eigenvalue weighted by molar-refractivity contribution is 0.0515. The highest BCUT2D eigenvalue weighted by Gasteiger charge is 2.22. The van der Waals surface area contributed by atoms with Crippen LogP contribution in [0.4, 0.5) is 5.82 Å². The second-order valence-electron chi connectivity index (χ2n) is 5.18. The Morgan fingerprint density at radius 2 is 2.00 bits per heavy atom. The van der Waals surface area contributed by atoms with Crippen molar-refractivity contribution in [3.8, 4) is 0 Å². The first-order valence-corrected chi connectivity index (χ1v) is 7.75. The Kier molecular flexibility index (Phi) is 3.86. The van der Waals surface area contributed by atoms with Gasteiger partial charge in [0.1, 0.15) is 17.0 Å². The summed E-state index contributed by atoms with van der Waals surface area (Å²) in [6.45, 7) is 2.48. The molecule has 0 bridgehead atoms. The molecule has 0 aliphatic carbocycles. The molecule has 2 N–H and O–H groups in total. The minimum Gasteiger partial charge on any atom is -0.385 e. The summed E-state index contributed by atoms with van der Waals surface area (Å²) in [7, 11) is 0. The molecule has 0 spiro atoms. The maximum absolute atomic E-state index is 10.6. The summed E-state index contributed by atoms with van der Waals surface area (Å²) in [5, 5.41) is 16.9. The van der Waals surface area contributed by atoms with Gasteiger partial charge in [-0.15, -0.1) is 11.3 Å². The first kappa shape index (κ1) is 14.0. The molecule has 1 aromatic carbocycles. The molecule has 0 aliphatic rings. The molecule has 1 unspecified atom stereocenters. The average Bonchev–Trinajstić information content (AvgIpc) is 2.97. The van der Waals surface area contributed by atoms with Crippen molar-refractivity contribution in [1.29, 1.82) is 0 Å². The Labute approximate surface area is 127 Å². The lowest BCUT2D eigenvalue weighted by Crippen LogP contribution is -2.24. The van der Waals surface area contributed by atoms with E-state index in [-0.39, 0.29) is 0 Å². The van der Waals surface area contributed by atoms with E-state index in [1.165, 1.54) is 0 Å². The van der Waals surface area contributed by atoms with Crippen LogP contribution in [0, 0.1) is 0 Å². The number of aromatic nitrogens is 2. The molecule has 1 atom stereocenters. The van der Waals surface area contributed by atoms with E-state index in [1.54, 1.807) is 17.7 Å². The largest absolute Gasteiger partial charge is 0.385 e. The summed E-state index contributed by atoms with van der Waals surface area (Å²) >= 11 is 1.60. The van der Waals surface area contributed by atoms with Crippen LogP contribution >= 0.6 is 11.3 Å². The topological polar surface area (TPSA) is 58.0 Å². The molecule has 4 nitrogen and oxygen atoms in total. The van der Waals surface area contributed by atoms with Gasteiger partial charge in [-0.3, -0.25) is 0 Å². The third kappa shape index (κ3) is 3.04. The summed E-state index contributed by atoms with van der Waals surface area (Å²) in [6, 6.07) is 11.7. The molecule has 0 saturated carbocycles. The first-order chi connectivity index (χ1) is 10.2. The van der Waals surface area contributed by atoms with E-state index in [0.29, 0.717) is 13.0 Å².